The molecule has 4 nitrogen and oxygen atoms in total. The SMILES string of the molecule is O=Cc1ccc(Sc2nc3ccccc3o2)nc1. The van der Waals surface area contributed by atoms with Gasteiger partial charge in [0.1, 0.15) is 10.5 Å². The lowest BCUT2D eigenvalue weighted by Crippen LogP contribution is -1.83. The zero-order valence-electron chi connectivity index (χ0n) is 9.24. The van der Waals surface area contributed by atoms with E-state index < -0.39 is 0 Å². The third-order valence-electron chi connectivity index (χ3n) is 2.36. The van der Waals surface area contributed by atoms with Crippen molar-refractivity contribution in [2.24, 2.45) is 0 Å². The summed E-state index contributed by atoms with van der Waals surface area (Å²) in [5, 5.41) is 1.29. The van der Waals surface area contributed by atoms with E-state index in [1.54, 1.807) is 12.1 Å². The second-order valence-corrected chi connectivity index (χ2v) is 4.57. The zero-order valence-corrected chi connectivity index (χ0v) is 10.1. The average Bonchev–Trinajstić information content (AvgIpc) is 2.82. The van der Waals surface area contributed by atoms with Crippen LogP contribution in [-0.4, -0.2) is 16.3 Å². The van der Waals surface area contributed by atoms with Crippen molar-refractivity contribution in [2.45, 2.75) is 10.2 Å². The van der Waals surface area contributed by atoms with Crippen LogP contribution >= 0.6 is 11.8 Å². The molecular weight excluding hydrogens is 248 g/mol. The van der Waals surface area contributed by atoms with E-state index in [2.05, 4.69) is 9.97 Å². The second-order valence-electron chi connectivity index (χ2n) is 3.60. The normalized spacial score (nSPS) is 10.7. The molecule has 0 bridgehead atoms. The van der Waals surface area contributed by atoms with Gasteiger partial charge in [-0.25, -0.2) is 9.97 Å². The first-order chi connectivity index (χ1) is 8.85. The summed E-state index contributed by atoms with van der Waals surface area (Å²) >= 11 is 1.33. The van der Waals surface area contributed by atoms with E-state index in [9.17, 15) is 4.79 Å². The number of hydrogen-bond donors (Lipinski definition) is 0. The Labute approximate surface area is 107 Å². The Morgan fingerprint density at radius 1 is 1.17 bits per heavy atom. The van der Waals surface area contributed by atoms with Gasteiger partial charge in [-0.3, -0.25) is 4.79 Å². The van der Waals surface area contributed by atoms with Gasteiger partial charge in [-0.05, 0) is 36.0 Å². The minimum absolute atomic E-state index is 0.544. The topological polar surface area (TPSA) is 56.0 Å². The molecule has 0 fully saturated rings. The monoisotopic (exact) mass is 256 g/mol. The predicted octanol–water partition coefficient (Wildman–Crippen LogP) is 3.19. The third-order valence-corrected chi connectivity index (χ3v) is 3.16. The summed E-state index contributed by atoms with van der Waals surface area (Å²) in [5.41, 5.74) is 2.13. The number of aromatic nitrogens is 2. The number of oxazole rings is 1. The van der Waals surface area contributed by atoms with Crippen molar-refractivity contribution < 1.29 is 9.21 Å². The van der Waals surface area contributed by atoms with E-state index in [4.69, 9.17) is 4.42 Å². The fourth-order valence-electron chi connectivity index (χ4n) is 1.51. The molecule has 5 heteroatoms. The van der Waals surface area contributed by atoms with Crippen LogP contribution in [0.15, 0.2) is 57.3 Å². The molecule has 0 aliphatic carbocycles. The average molecular weight is 256 g/mol. The van der Waals surface area contributed by atoms with Crippen molar-refractivity contribution in [2.75, 3.05) is 0 Å². The van der Waals surface area contributed by atoms with Gasteiger partial charge in [0, 0.05) is 11.8 Å². The lowest BCUT2D eigenvalue weighted by atomic mass is 10.3. The number of fused-ring (bicyclic) bond motifs is 1. The Morgan fingerprint density at radius 2 is 2.06 bits per heavy atom. The molecule has 0 radical (unpaired) electrons. The molecule has 0 aliphatic rings. The van der Waals surface area contributed by atoms with Crippen molar-refractivity contribution in [3.05, 3.63) is 48.2 Å². The van der Waals surface area contributed by atoms with Crippen LogP contribution in [0.1, 0.15) is 10.4 Å². The molecule has 0 saturated carbocycles. The van der Waals surface area contributed by atoms with Crippen molar-refractivity contribution >= 4 is 29.1 Å². The number of pyridine rings is 1. The molecule has 2 heterocycles. The van der Waals surface area contributed by atoms with Gasteiger partial charge in [-0.2, -0.15) is 0 Å². The maximum Gasteiger partial charge on any atom is 0.263 e. The largest absolute Gasteiger partial charge is 0.431 e. The van der Waals surface area contributed by atoms with Crippen LogP contribution in [0.25, 0.3) is 11.1 Å². The lowest BCUT2D eigenvalue weighted by molar-refractivity contribution is 0.112. The van der Waals surface area contributed by atoms with Crippen LogP contribution in [0.5, 0.6) is 0 Å². The molecule has 0 unspecified atom stereocenters. The highest BCUT2D eigenvalue weighted by Crippen LogP contribution is 2.28. The van der Waals surface area contributed by atoms with Crippen LogP contribution in [0.2, 0.25) is 0 Å². The Hall–Kier alpha value is -2.14. The van der Waals surface area contributed by atoms with Gasteiger partial charge in [0.05, 0.1) is 0 Å². The van der Waals surface area contributed by atoms with E-state index in [-0.39, 0.29) is 0 Å². The summed E-state index contributed by atoms with van der Waals surface area (Å²) in [6.45, 7) is 0. The first-order valence-electron chi connectivity index (χ1n) is 5.30. The molecule has 3 aromatic rings. The van der Waals surface area contributed by atoms with Crippen molar-refractivity contribution in [1.29, 1.82) is 0 Å². The second kappa shape index (κ2) is 4.62. The smallest absolute Gasteiger partial charge is 0.263 e. The quantitative estimate of drug-likeness (QED) is 0.673. The molecule has 0 N–H and O–H groups in total. The number of aldehydes is 1. The molecule has 0 spiro atoms. The first-order valence-corrected chi connectivity index (χ1v) is 6.11. The third kappa shape index (κ3) is 2.12. The fraction of sp³-hybridized carbons (Fsp3) is 0. The summed E-state index contributed by atoms with van der Waals surface area (Å²) < 4.78 is 5.57. The summed E-state index contributed by atoms with van der Waals surface area (Å²) in [6.07, 6.45) is 2.29. The highest BCUT2D eigenvalue weighted by Gasteiger charge is 2.07. The van der Waals surface area contributed by atoms with Gasteiger partial charge >= 0.3 is 0 Å². The minimum atomic E-state index is 0.544. The van der Waals surface area contributed by atoms with E-state index in [0.717, 1.165) is 22.4 Å². The molecule has 0 amide bonds. The maximum absolute atomic E-state index is 10.5. The lowest BCUT2D eigenvalue weighted by Gasteiger charge is -1.95. The Kier molecular flexibility index (Phi) is 2.82. The molecule has 3 rings (SSSR count). The predicted molar refractivity (Wildman–Crippen MR) is 67.8 cm³/mol. The van der Waals surface area contributed by atoms with Gasteiger partial charge in [0.15, 0.2) is 11.9 Å². The number of carbonyl (C=O) groups excluding carboxylic acids is 1. The van der Waals surface area contributed by atoms with Crippen LogP contribution < -0.4 is 0 Å². The number of benzene rings is 1. The van der Waals surface area contributed by atoms with E-state index >= 15 is 0 Å². The van der Waals surface area contributed by atoms with E-state index in [1.807, 2.05) is 24.3 Å². The van der Waals surface area contributed by atoms with Gasteiger partial charge in [-0.15, -0.1) is 0 Å². The molecular formula is C13H8N2O2S. The Bertz CT molecular complexity index is 659. The fourth-order valence-corrected chi connectivity index (χ4v) is 2.20. The van der Waals surface area contributed by atoms with E-state index in [0.29, 0.717) is 10.8 Å². The van der Waals surface area contributed by atoms with Crippen LogP contribution in [0, 0.1) is 0 Å². The van der Waals surface area contributed by atoms with E-state index in [1.165, 1.54) is 18.0 Å². The van der Waals surface area contributed by atoms with Crippen molar-refractivity contribution in [3.63, 3.8) is 0 Å². The molecule has 1 aromatic carbocycles. The van der Waals surface area contributed by atoms with Crippen LogP contribution in [0.3, 0.4) is 0 Å². The standard InChI is InChI=1S/C13H8N2O2S/c16-8-9-5-6-12(14-7-9)18-13-15-10-3-1-2-4-11(10)17-13/h1-8H. The maximum atomic E-state index is 10.5. The number of nitrogens with zero attached hydrogens (tertiary/aromatic N) is 2. The minimum Gasteiger partial charge on any atom is -0.431 e. The summed E-state index contributed by atoms with van der Waals surface area (Å²) in [4.78, 5) is 19.0. The van der Waals surface area contributed by atoms with Crippen LogP contribution in [0.4, 0.5) is 0 Å². The van der Waals surface area contributed by atoms with Crippen LogP contribution in [-0.2, 0) is 0 Å². The number of para-hydroxylation sites is 2. The highest BCUT2D eigenvalue weighted by molar-refractivity contribution is 7.99. The molecule has 18 heavy (non-hydrogen) atoms. The number of carbonyl (C=O) groups is 1. The summed E-state index contributed by atoms with van der Waals surface area (Å²) in [5.74, 6) is 0. The van der Waals surface area contributed by atoms with Gasteiger partial charge in [0.25, 0.3) is 5.22 Å². The molecule has 0 saturated heterocycles. The van der Waals surface area contributed by atoms with Gasteiger partial charge in [-0.1, -0.05) is 12.1 Å². The number of rotatable bonds is 3. The zero-order chi connectivity index (χ0) is 12.4. The van der Waals surface area contributed by atoms with Gasteiger partial charge in [0.2, 0.25) is 0 Å². The number of hydrogen-bond acceptors (Lipinski definition) is 5. The Balaban J connectivity index is 1.88. The van der Waals surface area contributed by atoms with Gasteiger partial charge < -0.3 is 4.42 Å². The first kappa shape index (κ1) is 11.0. The van der Waals surface area contributed by atoms with Crippen molar-refractivity contribution in [3.8, 4) is 0 Å². The Morgan fingerprint density at radius 3 is 2.78 bits per heavy atom. The summed E-state index contributed by atoms with van der Waals surface area (Å²) in [7, 11) is 0. The molecule has 2 aromatic heterocycles. The molecule has 0 aliphatic heterocycles. The summed E-state index contributed by atoms with van der Waals surface area (Å²) in [6, 6.07) is 11.1. The van der Waals surface area contributed by atoms with Crippen molar-refractivity contribution in [1.82, 2.24) is 9.97 Å². The highest BCUT2D eigenvalue weighted by atomic mass is 32.2. The molecule has 0 atom stereocenters. The molecule has 88 valence electrons.